The number of allylic oxidation sites excluding steroid dienone is 1. The molecule has 0 aromatic heterocycles. The Morgan fingerprint density at radius 2 is 1.96 bits per heavy atom. The van der Waals surface area contributed by atoms with Crippen LogP contribution in [0.15, 0.2) is 52.9 Å². The Labute approximate surface area is 301 Å². The van der Waals surface area contributed by atoms with E-state index in [1.54, 1.807) is 25.2 Å². The molecule has 7 rings (SSSR count). The Kier molecular flexibility index (Phi) is 9.86. The van der Waals surface area contributed by atoms with Gasteiger partial charge >= 0.3 is 0 Å². The van der Waals surface area contributed by atoms with Crippen LogP contribution in [-0.4, -0.2) is 91.1 Å². The molecule has 0 N–H and O–H groups in total. The number of methoxy groups -OCH3 is 2. The summed E-state index contributed by atoms with van der Waals surface area (Å²) in [6.45, 7) is 6.84. The van der Waals surface area contributed by atoms with Gasteiger partial charge in [0.1, 0.15) is 11.5 Å². The summed E-state index contributed by atoms with van der Waals surface area (Å²) in [5, 5.41) is 0.748. The van der Waals surface area contributed by atoms with Gasteiger partial charge in [-0.1, -0.05) is 36.7 Å². The van der Waals surface area contributed by atoms with E-state index < -0.39 is 21.2 Å². The van der Waals surface area contributed by atoms with E-state index in [4.69, 9.17) is 25.8 Å². The molecule has 2 amide bonds. The van der Waals surface area contributed by atoms with Crippen molar-refractivity contribution in [3.63, 3.8) is 0 Å². The lowest BCUT2D eigenvalue weighted by atomic mass is 9.68. The van der Waals surface area contributed by atoms with E-state index in [1.807, 2.05) is 32.0 Å². The van der Waals surface area contributed by atoms with Gasteiger partial charge in [0.25, 0.3) is 5.91 Å². The number of hydrogen-bond donors (Lipinski definition) is 0. The SMILES string of the molecule is CO[C@H]1/C=C/C[C@H](C)C[S@@](=O)(CC(=O)N2CC(C)(OC)C2)=NC(=O)c2ccc3c(c2)N(C[C@@H]2CC[C@H]21)C[C@@]1(CCCc2cc(Cl)ccc21)CO3. The van der Waals surface area contributed by atoms with Crippen LogP contribution in [0.4, 0.5) is 5.69 Å². The van der Waals surface area contributed by atoms with Gasteiger partial charge in [-0.25, -0.2) is 4.21 Å². The Morgan fingerprint density at radius 1 is 1.14 bits per heavy atom. The molecule has 1 spiro atoms. The number of aryl methyl sites for hydroxylation is 1. The predicted octanol–water partition coefficient (Wildman–Crippen LogP) is 6.31. The molecule has 5 aliphatic rings. The Morgan fingerprint density at radius 3 is 2.70 bits per heavy atom. The van der Waals surface area contributed by atoms with Crippen molar-refractivity contribution in [3.8, 4) is 5.75 Å². The minimum atomic E-state index is -3.23. The molecule has 270 valence electrons. The van der Waals surface area contributed by atoms with Crippen LogP contribution in [0.5, 0.6) is 5.75 Å². The van der Waals surface area contributed by atoms with Crippen molar-refractivity contribution in [1.29, 1.82) is 0 Å². The molecule has 2 aromatic rings. The zero-order valence-electron chi connectivity index (χ0n) is 29.7. The number of hydrogen-bond acceptors (Lipinski definition) is 7. The molecule has 0 unspecified atom stereocenters. The zero-order chi connectivity index (χ0) is 35.3. The second kappa shape index (κ2) is 13.9. The second-order valence-electron chi connectivity index (χ2n) is 15.6. The topological polar surface area (TPSA) is 97.7 Å². The fourth-order valence-corrected chi connectivity index (χ4v) is 11.3. The first-order valence-corrected chi connectivity index (χ1v) is 20.3. The smallest absolute Gasteiger partial charge is 0.285 e. The number of carbonyl (C=O) groups is 2. The summed E-state index contributed by atoms with van der Waals surface area (Å²) in [7, 11) is 0.171. The largest absolute Gasteiger partial charge is 0.490 e. The Balaban J connectivity index is 1.27. The lowest BCUT2D eigenvalue weighted by Gasteiger charge is -2.46. The van der Waals surface area contributed by atoms with Crippen LogP contribution in [0.25, 0.3) is 0 Å². The Bertz CT molecular complexity index is 1800. The highest BCUT2D eigenvalue weighted by atomic mass is 35.5. The number of nitrogens with zero attached hydrogens (tertiary/aromatic N) is 3. The molecule has 2 aliphatic carbocycles. The molecule has 6 atom stereocenters. The highest BCUT2D eigenvalue weighted by Gasteiger charge is 2.45. The van der Waals surface area contributed by atoms with E-state index in [2.05, 4.69) is 33.5 Å². The third-order valence-corrected chi connectivity index (χ3v) is 14.3. The van der Waals surface area contributed by atoms with Gasteiger partial charge in [0.2, 0.25) is 5.91 Å². The first-order chi connectivity index (χ1) is 23.9. The standard InChI is InChI=1S/C39H50ClN3O6S/c1-26-7-5-9-34(47-3)31-13-10-29(31)19-42-24-39(16-6-8-27-17-30(40)12-14-32(27)39)25-49-35-15-11-28(18-33(35)42)37(45)41-50(46,20-26)21-36(44)43-22-38(2,23-43)48-4/h5,9,11-12,14-15,17-18,26,29,31,34H,6-8,10,13,16,19-25H2,1-4H3/b9-5+/t26-,29-,31+,34-,39-,50+/m0/s1. The first kappa shape index (κ1) is 35.5. The zero-order valence-corrected chi connectivity index (χ0v) is 31.3. The number of rotatable bonds is 4. The summed E-state index contributed by atoms with van der Waals surface area (Å²) >= 11 is 6.46. The highest BCUT2D eigenvalue weighted by Crippen LogP contribution is 2.47. The van der Waals surface area contributed by atoms with Crippen LogP contribution in [0, 0.1) is 17.8 Å². The highest BCUT2D eigenvalue weighted by molar-refractivity contribution is 7.94. The van der Waals surface area contributed by atoms with E-state index in [-0.39, 0.29) is 34.8 Å². The normalized spacial score (nSPS) is 32.7. The van der Waals surface area contributed by atoms with Crippen molar-refractivity contribution in [2.45, 2.75) is 69.5 Å². The van der Waals surface area contributed by atoms with Crippen LogP contribution >= 0.6 is 11.6 Å². The minimum Gasteiger partial charge on any atom is -0.490 e. The van der Waals surface area contributed by atoms with Gasteiger partial charge in [0, 0.05) is 49.1 Å². The number of anilines is 1. The maximum Gasteiger partial charge on any atom is 0.285 e. The van der Waals surface area contributed by atoms with Gasteiger partial charge in [0.15, 0.2) is 0 Å². The maximum absolute atomic E-state index is 14.6. The summed E-state index contributed by atoms with van der Waals surface area (Å²) in [6, 6.07) is 11.7. The van der Waals surface area contributed by atoms with Crippen molar-refractivity contribution in [1.82, 2.24) is 4.90 Å². The van der Waals surface area contributed by atoms with Crippen molar-refractivity contribution >= 4 is 38.8 Å². The summed E-state index contributed by atoms with van der Waals surface area (Å²) in [6.07, 6.45) is 10.1. The third kappa shape index (κ3) is 6.97. The summed E-state index contributed by atoms with van der Waals surface area (Å²) < 4.78 is 37.2. The molecule has 3 aliphatic heterocycles. The van der Waals surface area contributed by atoms with Crippen molar-refractivity contribution in [3.05, 3.63) is 70.3 Å². The van der Waals surface area contributed by atoms with E-state index in [0.29, 0.717) is 43.5 Å². The lowest BCUT2D eigenvalue weighted by molar-refractivity contribution is -0.155. The Hall–Kier alpha value is -2.92. The lowest BCUT2D eigenvalue weighted by Crippen LogP contribution is -2.63. The molecular formula is C39H50ClN3O6S. The van der Waals surface area contributed by atoms with Crippen LogP contribution in [0.2, 0.25) is 5.02 Å². The van der Waals surface area contributed by atoms with E-state index in [9.17, 15) is 13.8 Å². The molecule has 2 fully saturated rings. The van der Waals surface area contributed by atoms with Gasteiger partial charge in [-0.3, -0.25) is 9.59 Å². The average molecular weight is 724 g/mol. The van der Waals surface area contributed by atoms with Crippen molar-refractivity contribution in [2.24, 2.45) is 22.1 Å². The van der Waals surface area contributed by atoms with Gasteiger partial charge in [-0.05, 0) is 105 Å². The summed E-state index contributed by atoms with van der Waals surface area (Å²) in [5.74, 6) is 0.425. The molecule has 2 bridgehead atoms. The molecule has 0 radical (unpaired) electrons. The molecule has 50 heavy (non-hydrogen) atoms. The maximum atomic E-state index is 14.6. The number of amides is 2. The molecule has 2 aromatic carbocycles. The molecular weight excluding hydrogens is 674 g/mol. The monoisotopic (exact) mass is 723 g/mol. The average Bonchev–Trinajstić information content (AvgIpc) is 3.20. The number of fused-ring (bicyclic) bond motifs is 4. The third-order valence-electron chi connectivity index (χ3n) is 11.8. The van der Waals surface area contributed by atoms with E-state index >= 15 is 0 Å². The van der Waals surface area contributed by atoms with Gasteiger partial charge < -0.3 is 24.0 Å². The summed E-state index contributed by atoms with van der Waals surface area (Å²) in [5.41, 5.74) is 3.10. The molecule has 3 heterocycles. The molecule has 1 saturated heterocycles. The van der Waals surface area contributed by atoms with Gasteiger partial charge in [0.05, 0.1) is 46.8 Å². The van der Waals surface area contributed by atoms with Crippen LogP contribution in [0.3, 0.4) is 0 Å². The number of likely N-dealkylation sites (tertiary alicyclic amines) is 1. The quantitative estimate of drug-likeness (QED) is 0.342. The molecule has 1 saturated carbocycles. The number of halogens is 1. The van der Waals surface area contributed by atoms with Crippen molar-refractivity contribution < 1.29 is 28.0 Å². The number of carbonyl (C=O) groups excluding carboxylic acids is 2. The van der Waals surface area contributed by atoms with E-state index in [1.165, 1.54) is 11.1 Å². The minimum absolute atomic E-state index is 0.0342. The van der Waals surface area contributed by atoms with Crippen LogP contribution < -0.4 is 9.64 Å². The van der Waals surface area contributed by atoms with Crippen LogP contribution in [-0.2, 0) is 35.8 Å². The predicted molar refractivity (Wildman–Crippen MR) is 197 cm³/mol. The van der Waals surface area contributed by atoms with Gasteiger partial charge in [-0.15, -0.1) is 0 Å². The fraction of sp³-hybridized carbons (Fsp3) is 0.590. The second-order valence-corrected chi connectivity index (χ2v) is 18.4. The first-order valence-electron chi connectivity index (χ1n) is 18.0. The molecule has 11 heteroatoms. The number of ether oxygens (including phenoxy) is 3. The summed E-state index contributed by atoms with van der Waals surface area (Å²) in [4.78, 5) is 31.4. The van der Waals surface area contributed by atoms with E-state index in [0.717, 1.165) is 61.7 Å². The van der Waals surface area contributed by atoms with Gasteiger partial charge in [-0.2, -0.15) is 4.36 Å². The molecule has 9 nitrogen and oxygen atoms in total. The van der Waals surface area contributed by atoms with Crippen LogP contribution in [0.1, 0.15) is 67.4 Å². The number of benzene rings is 2. The van der Waals surface area contributed by atoms with Crippen molar-refractivity contribution in [2.75, 3.05) is 63.4 Å². The fourth-order valence-electron chi connectivity index (χ4n) is 8.82.